The zero-order valence-corrected chi connectivity index (χ0v) is 8.12. The maximum atomic E-state index is 9.10. The van der Waals surface area contributed by atoms with Crippen LogP contribution in [0.3, 0.4) is 0 Å². The van der Waals surface area contributed by atoms with Crippen LogP contribution in [0.4, 0.5) is 0 Å². The third kappa shape index (κ3) is 3.20. The fourth-order valence-electron chi connectivity index (χ4n) is 1.21. The minimum absolute atomic E-state index is 0.277. The van der Waals surface area contributed by atoms with E-state index in [1.165, 1.54) is 0 Å². The molecule has 0 spiro atoms. The Hall–Kier alpha value is -0.800. The summed E-state index contributed by atoms with van der Waals surface area (Å²) < 4.78 is 10.3. The smallest absolute Gasteiger partial charge is 0.109 e. The number of aliphatic hydroxyl groups is 1. The molecule has 0 saturated carbocycles. The lowest BCUT2D eigenvalue weighted by atomic mass is 10.1. The Labute approximate surface area is 78.3 Å². The fourth-order valence-corrected chi connectivity index (χ4v) is 1.21. The molecule has 1 atom stereocenters. The van der Waals surface area contributed by atoms with Gasteiger partial charge in [-0.2, -0.15) is 0 Å². The van der Waals surface area contributed by atoms with Gasteiger partial charge in [-0.3, -0.25) is 0 Å². The zero-order valence-electron chi connectivity index (χ0n) is 8.12. The molecule has 0 bridgehead atoms. The second kappa shape index (κ2) is 5.04. The highest BCUT2D eigenvalue weighted by molar-refractivity contribution is 5.16. The normalized spacial score (nSPS) is 13.2. The molecule has 0 amide bonds. The molecule has 1 heterocycles. The SMILES string of the molecule is COCc1ccoc1CC[C@@H](C)O. The van der Waals surface area contributed by atoms with Crippen molar-refractivity contribution >= 4 is 0 Å². The van der Waals surface area contributed by atoms with Gasteiger partial charge in [0.2, 0.25) is 0 Å². The summed E-state index contributed by atoms with van der Waals surface area (Å²) in [4.78, 5) is 0. The molecular formula is C10H16O3. The summed E-state index contributed by atoms with van der Waals surface area (Å²) in [7, 11) is 1.66. The summed E-state index contributed by atoms with van der Waals surface area (Å²) in [6, 6.07) is 1.90. The van der Waals surface area contributed by atoms with E-state index in [4.69, 9.17) is 14.3 Å². The van der Waals surface area contributed by atoms with E-state index in [0.29, 0.717) is 6.61 Å². The number of aliphatic hydroxyl groups excluding tert-OH is 1. The second-order valence-corrected chi connectivity index (χ2v) is 3.19. The van der Waals surface area contributed by atoms with E-state index in [1.54, 1.807) is 20.3 Å². The van der Waals surface area contributed by atoms with Gasteiger partial charge in [-0.1, -0.05) is 0 Å². The van der Waals surface area contributed by atoms with Crippen molar-refractivity contribution in [1.29, 1.82) is 0 Å². The van der Waals surface area contributed by atoms with E-state index < -0.39 is 0 Å². The Morgan fingerprint density at radius 1 is 1.62 bits per heavy atom. The van der Waals surface area contributed by atoms with Crippen LogP contribution in [-0.2, 0) is 17.8 Å². The van der Waals surface area contributed by atoms with Gasteiger partial charge in [-0.25, -0.2) is 0 Å². The lowest BCUT2D eigenvalue weighted by Gasteiger charge is -2.03. The molecule has 3 nitrogen and oxygen atoms in total. The Bertz CT molecular complexity index is 240. The predicted molar refractivity (Wildman–Crippen MR) is 49.4 cm³/mol. The first-order valence-electron chi connectivity index (χ1n) is 4.46. The highest BCUT2D eigenvalue weighted by atomic mass is 16.5. The summed E-state index contributed by atoms with van der Waals surface area (Å²) >= 11 is 0. The predicted octanol–water partition coefficient (Wildman–Crippen LogP) is 1.74. The molecule has 1 aromatic rings. The summed E-state index contributed by atoms with van der Waals surface area (Å²) in [6.07, 6.45) is 2.87. The Morgan fingerprint density at radius 2 is 2.38 bits per heavy atom. The van der Waals surface area contributed by atoms with E-state index in [1.807, 2.05) is 6.07 Å². The fraction of sp³-hybridized carbons (Fsp3) is 0.600. The van der Waals surface area contributed by atoms with Gasteiger partial charge in [0, 0.05) is 19.1 Å². The van der Waals surface area contributed by atoms with Crippen LogP contribution in [0.1, 0.15) is 24.7 Å². The topological polar surface area (TPSA) is 42.6 Å². The minimum Gasteiger partial charge on any atom is -0.469 e. The average Bonchev–Trinajstić information content (AvgIpc) is 2.49. The van der Waals surface area contributed by atoms with Crippen LogP contribution in [0.2, 0.25) is 0 Å². The largest absolute Gasteiger partial charge is 0.469 e. The van der Waals surface area contributed by atoms with Crippen LogP contribution in [0.15, 0.2) is 16.7 Å². The van der Waals surface area contributed by atoms with E-state index in [-0.39, 0.29) is 6.10 Å². The van der Waals surface area contributed by atoms with Crippen molar-refractivity contribution in [3.8, 4) is 0 Å². The molecule has 0 radical (unpaired) electrons. The zero-order chi connectivity index (χ0) is 9.68. The van der Waals surface area contributed by atoms with Crippen molar-refractivity contribution in [2.75, 3.05) is 7.11 Å². The number of rotatable bonds is 5. The molecule has 0 aliphatic heterocycles. The van der Waals surface area contributed by atoms with Gasteiger partial charge in [-0.15, -0.1) is 0 Å². The molecule has 0 aliphatic carbocycles. The van der Waals surface area contributed by atoms with Gasteiger partial charge in [0.15, 0.2) is 0 Å². The summed E-state index contributed by atoms with van der Waals surface area (Å²) in [5, 5.41) is 9.10. The van der Waals surface area contributed by atoms with E-state index in [2.05, 4.69) is 0 Å². The monoisotopic (exact) mass is 184 g/mol. The Kier molecular flexibility index (Phi) is 3.99. The van der Waals surface area contributed by atoms with Crippen LogP contribution >= 0.6 is 0 Å². The standard InChI is InChI=1S/C10H16O3/c1-8(11)3-4-10-9(7-12-2)5-6-13-10/h5-6,8,11H,3-4,7H2,1-2H3/t8-/m1/s1. The molecular weight excluding hydrogens is 168 g/mol. The van der Waals surface area contributed by atoms with Gasteiger partial charge in [-0.05, 0) is 19.4 Å². The third-order valence-electron chi connectivity index (χ3n) is 1.93. The summed E-state index contributed by atoms with van der Waals surface area (Å²) in [5.74, 6) is 0.919. The quantitative estimate of drug-likeness (QED) is 0.758. The number of methoxy groups -OCH3 is 1. The van der Waals surface area contributed by atoms with Gasteiger partial charge in [0.05, 0.1) is 19.0 Å². The van der Waals surface area contributed by atoms with Crippen molar-refractivity contribution in [1.82, 2.24) is 0 Å². The number of aryl methyl sites for hydroxylation is 1. The van der Waals surface area contributed by atoms with Gasteiger partial charge in [0.25, 0.3) is 0 Å². The Morgan fingerprint density at radius 3 is 3.00 bits per heavy atom. The first kappa shape index (κ1) is 10.3. The molecule has 0 saturated heterocycles. The molecule has 1 rings (SSSR count). The summed E-state index contributed by atoms with van der Waals surface area (Å²) in [5.41, 5.74) is 1.07. The molecule has 0 fully saturated rings. The van der Waals surface area contributed by atoms with Crippen molar-refractivity contribution in [3.63, 3.8) is 0 Å². The number of furan rings is 1. The molecule has 0 unspecified atom stereocenters. The van der Waals surface area contributed by atoms with Crippen LogP contribution in [0.5, 0.6) is 0 Å². The summed E-state index contributed by atoms with van der Waals surface area (Å²) in [6.45, 7) is 2.35. The van der Waals surface area contributed by atoms with Crippen LogP contribution in [0, 0.1) is 0 Å². The van der Waals surface area contributed by atoms with E-state index in [0.717, 1.165) is 24.2 Å². The lowest BCUT2D eigenvalue weighted by molar-refractivity contribution is 0.175. The first-order valence-corrected chi connectivity index (χ1v) is 4.46. The van der Waals surface area contributed by atoms with Crippen LogP contribution < -0.4 is 0 Å². The molecule has 0 aromatic carbocycles. The highest BCUT2D eigenvalue weighted by Gasteiger charge is 2.06. The maximum Gasteiger partial charge on any atom is 0.109 e. The van der Waals surface area contributed by atoms with Gasteiger partial charge in [0.1, 0.15) is 5.76 Å². The molecule has 0 aliphatic rings. The van der Waals surface area contributed by atoms with E-state index >= 15 is 0 Å². The first-order chi connectivity index (χ1) is 6.24. The molecule has 1 N–H and O–H groups in total. The highest BCUT2D eigenvalue weighted by Crippen LogP contribution is 2.14. The second-order valence-electron chi connectivity index (χ2n) is 3.19. The molecule has 3 heteroatoms. The van der Waals surface area contributed by atoms with Crippen molar-refractivity contribution < 1.29 is 14.3 Å². The van der Waals surface area contributed by atoms with E-state index in [9.17, 15) is 0 Å². The van der Waals surface area contributed by atoms with Gasteiger partial charge >= 0.3 is 0 Å². The van der Waals surface area contributed by atoms with Gasteiger partial charge < -0.3 is 14.3 Å². The molecule has 1 aromatic heterocycles. The number of hydrogen-bond acceptors (Lipinski definition) is 3. The van der Waals surface area contributed by atoms with Crippen molar-refractivity contribution in [2.24, 2.45) is 0 Å². The van der Waals surface area contributed by atoms with Crippen LogP contribution in [-0.4, -0.2) is 18.3 Å². The Balaban J connectivity index is 2.49. The molecule has 13 heavy (non-hydrogen) atoms. The third-order valence-corrected chi connectivity index (χ3v) is 1.93. The van der Waals surface area contributed by atoms with Crippen molar-refractivity contribution in [2.45, 2.75) is 32.5 Å². The molecule has 74 valence electrons. The van der Waals surface area contributed by atoms with Crippen LogP contribution in [0.25, 0.3) is 0 Å². The lowest BCUT2D eigenvalue weighted by Crippen LogP contribution is -2.02. The number of hydrogen-bond donors (Lipinski definition) is 1. The van der Waals surface area contributed by atoms with Crippen molar-refractivity contribution in [3.05, 3.63) is 23.7 Å². The minimum atomic E-state index is -0.277. The average molecular weight is 184 g/mol. The number of ether oxygens (including phenoxy) is 1. The maximum absolute atomic E-state index is 9.10.